The normalized spacial score (nSPS) is 10.3. The Morgan fingerprint density at radius 3 is 1.79 bits per heavy atom. The molecule has 7 heteroatoms. The Bertz CT molecular complexity index is 811. The van der Waals surface area contributed by atoms with E-state index in [1.54, 1.807) is 47.4 Å². The molecule has 0 N–H and O–H groups in total. The van der Waals surface area contributed by atoms with Crippen LogP contribution in [-0.4, -0.2) is 52.9 Å². The van der Waals surface area contributed by atoms with Gasteiger partial charge in [-0.15, -0.1) is 0 Å². The molecule has 158 valence electrons. The molecule has 29 heavy (non-hydrogen) atoms. The fourth-order valence-electron chi connectivity index (χ4n) is 3.10. The van der Waals surface area contributed by atoms with Crippen molar-refractivity contribution in [1.82, 2.24) is 4.90 Å². The Labute approximate surface area is 172 Å². The van der Waals surface area contributed by atoms with Crippen LogP contribution in [0.25, 0.3) is 0 Å². The second kappa shape index (κ2) is 10.5. The number of hydrogen-bond acceptors (Lipinski definition) is 6. The van der Waals surface area contributed by atoms with Gasteiger partial charge in [0.2, 0.25) is 11.7 Å². The Balaban J connectivity index is 2.18. The molecule has 1 amide bonds. The minimum Gasteiger partial charge on any atom is -0.493 e. The summed E-state index contributed by atoms with van der Waals surface area (Å²) >= 11 is 0. The number of methoxy groups -OCH3 is 5. The van der Waals surface area contributed by atoms with Crippen molar-refractivity contribution in [2.45, 2.75) is 19.9 Å². The summed E-state index contributed by atoms with van der Waals surface area (Å²) in [5, 5.41) is 0. The summed E-state index contributed by atoms with van der Waals surface area (Å²) < 4.78 is 26.8. The minimum atomic E-state index is -0.0146. The second-order valence-corrected chi connectivity index (χ2v) is 6.41. The molecule has 0 fully saturated rings. The Hall–Kier alpha value is -3.09. The molecule has 0 radical (unpaired) electrons. The smallest absolute Gasteiger partial charge is 0.219 e. The summed E-state index contributed by atoms with van der Waals surface area (Å²) in [6.07, 6.45) is 0.685. The molecule has 0 aliphatic carbocycles. The van der Waals surface area contributed by atoms with Gasteiger partial charge in [0.15, 0.2) is 23.0 Å². The number of hydrogen-bond donors (Lipinski definition) is 0. The largest absolute Gasteiger partial charge is 0.493 e. The van der Waals surface area contributed by atoms with Gasteiger partial charge < -0.3 is 28.6 Å². The van der Waals surface area contributed by atoms with Crippen LogP contribution in [0.2, 0.25) is 0 Å². The maximum atomic E-state index is 12.2. The van der Waals surface area contributed by atoms with E-state index in [9.17, 15) is 4.79 Å². The Kier molecular flexibility index (Phi) is 8.00. The summed E-state index contributed by atoms with van der Waals surface area (Å²) in [4.78, 5) is 14.0. The zero-order chi connectivity index (χ0) is 21.4. The van der Waals surface area contributed by atoms with E-state index >= 15 is 0 Å². The number of amides is 1. The molecule has 0 saturated heterocycles. The first-order valence-corrected chi connectivity index (χ1v) is 9.22. The molecule has 0 heterocycles. The molecule has 0 atom stereocenters. The predicted octanol–water partition coefficient (Wildman–Crippen LogP) is 3.32. The molecule has 2 rings (SSSR count). The van der Waals surface area contributed by atoms with Crippen molar-refractivity contribution >= 4 is 5.91 Å². The third-order valence-corrected chi connectivity index (χ3v) is 4.66. The number of benzene rings is 2. The van der Waals surface area contributed by atoms with E-state index in [-0.39, 0.29) is 5.91 Å². The van der Waals surface area contributed by atoms with Crippen LogP contribution < -0.4 is 23.7 Å². The lowest BCUT2D eigenvalue weighted by atomic mass is 10.1. The lowest BCUT2D eigenvalue weighted by Gasteiger charge is -2.23. The third kappa shape index (κ3) is 5.47. The van der Waals surface area contributed by atoms with Crippen molar-refractivity contribution in [3.8, 4) is 28.7 Å². The average molecular weight is 403 g/mol. The van der Waals surface area contributed by atoms with Crippen LogP contribution in [0.3, 0.4) is 0 Å². The van der Waals surface area contributed by atoms with Crippen molar-refractivity contribution in [3.63, 3.8) is 0 Å². The average Bonchev–Trinajstić information content (AvgIpc) is 2.75. The van der Waals surface area contributed by atoms with Crippen molar-refractivity contribution in [1.29, 1.82) is 0 Å². The van der Waals surface area contributed by atoms with Gasteiger partial charge in [-0.05, 0) is 41.8 Å². The first-order chi connectivity index (χ1) is 14.0. The van der Waals surface area contributed by atoms with Crippen LogP contribution in [0.15, 0.2) is 30.3 Å². The molecule has 0 saturated carbocycles. The molecular weight excluding hydrogens is 374 g/mol. The summed E-state index contributed by atoms with van der Waals surface area (Å²) in [7, 11) is 7.91. The van der Waals surface area contributed by atoms with Gasteiger partial charge in [-0.1, -0.05) is 6.07 Å². The Morgan fingerprint density at radius 1 is 0.759 bits per heavy atom. The first kappa shape index (κ1) is 22.2. The lowest BCUT2D eigenvalue weighted by Crippen LogP contribution is -2.30. The minimum absolute atomic E-state index is 0.0146. The summed E-state index contributed by atoms with van der Waals surface area (Å²) in [6, 6.07) is 9.47. The maximum Gasteiger partial charge on any atom is 0.219 e. The van der Waals surface area contributed by atoms with Gasteiger partial charge in [0.05, 0.1) is 35.5 Å². The highest BCUT2D eigenvalue weighted by molar-refractivity contribution is 5.73. The maximum absolute atomic E-state index is 12.2. The molecule has 0 bridgehead atoms. The molecule has 0 aliphatic heterocycles. The van der Waals surface area contributed by atoms with Crippen molar-refractivity contribution < 1.29 is 28.5 Å². The summed E-state index contributed by atoms with van der Waals surface area (Å²) in [5.74, 6) is 2.98. The summed E-state index contributed by atoms with van der Waals surface area (Å²) in [6.45, 7) is 2.55. The topological polar surface area (TPSA) is 66.5 Å². The van der Waals surface area contributed by atoms with Crippen molar-refractivity contribution in [3.05, 3.63) is 41.5 Å². The molecule has 0 unspecified atom stereocenters. The number of carbonyl (C=O) groups excluding carboxylic acids is 1. The highest BCUT2D eigenvalue weighted by atomic mass is 16.5. The number of ether oxygens (including phenoxy) is 5. The molecule has 2 aromatic rings. The van der Waals surface area contributed by atoms with E-state index in [1.807, 2.05) is 30.3 Å². The highest BCUT2D eigenvalue weighted by Crippen LogP contribution is 2.38. The van der Waals surface area contributed by atoms with Gasteiger partial charge in [-0.2, -0.15) is 0 Å². The molecule has 0 aromatic heterocycles. The zero-order valence-corrected chi connectivity index (χ0v) is 17.9. The first-order valence-electron chi connectivity index (χ1n) is 9.22. The van der Waals surface area contributed by atoms with Crippen LogP contribution in [-0.2, 0) is 17.8 Å². The van der Waals surface area contributed by atoms with E-state index in [0.29, 0.717) is 48.3 Å². The lowest BCUT2D eigenvalue weighted by molar-refractivity contribution is -0.129. The van der Waals surface area contributed by atoms with E-state index in [4.69, 9.17) is 23.7 Å². The van der Waals surface area contributed by atoms with Crippen LogP contribution in [0.5, 0.6) is 28.7 Å². The van der Waals surface area contributed by atoms with Crippen LogP contribution >= 0.6 is 0 Å². The monoisotopic (exact) mass is 403 g/mol. The fourth-order valence-corrected chi connectivity index (χ4v) is 3.10. The fraction of sp³-hybridized carbons (Fsp3) is 0.409. The summed E-state index contributed by atoms with van der Waals surface area (Å²) in [5.41, 5.74) is 1.95. The highest BCUT2D eigenvalue weighted by Gasteiger charge is 2.16. The van der Waals surface area contributed by atoms with Gasteiger partial charge in [0.25, 0.3) is 0 Å². The SMILES string of the molecule is COc1ccc(CCN(Cc2cc(OC)c(OC)c(OC)c2)C(C)=O)cc1OC. The van der Waals surface area contributed by atoms with Gasteiger partial charge in [0.1, 0.15) is 0 Å². The number of nitrogens with zero attached hydrogens (tertiary/aromatic N) is 1. The zero-order valence-electron chi connectivity index (χ0n) is 17.9. The van der Waals surface area contributed by atoms with E-state index < -0.39 is 0 Å². The van der Waals surface area contributed by atoms with Crippen LogP contribution in [0.4, 0.5) is 0 Å². The van der Waals surface area contributed by atoms with Crippen LogP contribution in [0.1, 0.15) is 18.1 Å². The second-order valence-electron chi connectivity index (χ2n) is 6.41. The predicted molar refractivity (Wildman–Crippen MR) is 110 cm³/mol. The van der Waals surface area contributed by atoms with Gasteiger partial charge >= 0.3 is 0 Å². The molecule has 0 spiro atoms. The molecule has 2 aromatic carbocycles. The standard InChI is InChI=1S/C22H29NO6/c1-15(24)23(10-9-16-7-8-18(25-2)19(11-16)26-3)14-17-12-20(27-4)22(29-6)21(13-17)28-5/h7-8,11-13H,9-10,14H2,1-6H3. The van der Waals surface area contributed by atoms with E-state index in [2.05, 4.69) is 0 Å². The van der Waals surface area contributed by atoms with Gasteiger partial charge in [-0.3, -0.25) is 4.79 Å². The van der Waals surface area contributed by atoms with E-state index in [1.165, 1.54) is 0 Å². The quantitative estimate of drug-likeness (QED) is 0.606. The molecular formula is C22H29NO6. The van der Waals surface area contributed by atoms with Crippen LogP contribution in [0, 0.1) is 0 Å². The Morgan fingerprint density at radius 2 is 1.31 bits per heavy atom. The van der Waals surface area contributed by atoms with Crippen molar-refractivity contribution in [2.75, 3.05) is 42.1 Å². The van der Waals surface area contributed by atoms with E-state index in [0.717, 1.165) is 11.1 Å². The number of carbonyl (C=O) groups is 1. The van der Waals surface area contributed by atoms with Gasteiger partial charge in [-0.25, -0.2) is 0 Å². The third-order valence-electron chi connectivity index (χ3n) is 4.66. The molecule has 0 aliphatic rings. The number of rotatable bonds is 10. The molecule has 7 nitrogen and oxygen atoms in total. The van der Waals surface area contributed by atoms with Gasteiger partial charge in [0, 0.05) is 20.0 Å². The van der Waals surface area contributed by atoms with Crippen molar-refractivity contribution in [2.24, 2.45) is 0 Å².